The molecule has 0 spiro atoms. The molecule has 5 rings (SSSR count). The minimum atomic E-state index is -1.32. The highest BCUT2D eigenvalue weighted by atomic mass is 16.5. The standard InChI is InChI=1S/C23H26N2O7/c1-23(2)12-10-31-14-9-13(30-8-4-7-29-3)17(11-5-6-11)24-18(14)19-15(12)20(32-23)16(22(27)28)21(26)25-19/h9,11-12H,4-8,10H2,1-3H3,(H,25,26)(H,27,28). The number of carboxylic acids is 1. The van der Waals surface area contributed by atoms with Crippen molar-refractivity contribution in [2.24, 2.45) is 0 Å². The van der Waals surface area contributed by atoms with E-state index in [1.54, 1.807) is 7.11 Å². The van der Waals surface area contributed by atoms with E-state index in [0.29, 0.717) is 47.6 Å². The second kappa shape index (κ2) is 7.51. The Balaban J connectivity index is 1.67. The van der Waals surface area contributed by atoms with Gasteiger partial charge in [-0.15, -0.1) is 0 Å². The number of H-pyrrole nitrogens is 1. The molecule has 0 bridgehead atoms. The molecule has 4 heterocycles. The van der Waals surface area contributed by atoms with E-state index in [-0.39, 0.29) is 23.8 Å². The molecule has 1 saturated carbocycles. The highest BCUT2D eigenvalue weighted by molar-refractivity contribution is 5.93. The number of nitrogens with one attached hydrogen (secondary N) is 1. The van der Waals surface area contributed by atoms with Crippen molar-refractivity contribution in [3.05, 3.63) is 33.2 Å². The van der Waals surface area contributed by atoms with Crippen molar-refractivity contribution in [3.8, 4) is 28.6 Å². The van der Waals surface area contributed by atoms with Crippen LogP contribution in [-0.4, -0.2) is 53.6 Å². The van der Waals surface area contributed by atoms with Gasteiger partial charge in [-0.05, 0) is 26.7 Å². The molecule has 3 aliphatic rings. The van der Waals surface area contributed by atoms with Gasteiger partial charge < -0.3 is 29.0 Å². The molecule has 1 atom stereocenters. The number of pyridine rings is 2. The van der Waals surface area contributed by atoms with Crippen molar-refractivity contribution in [1.82, 2.24) is 9.97 Å². The molecule has 2 N–H and O–H groups in total. The van der Waals surface area contributed by atoms with Crippen LogP contribution >= 0.6 is 0 Å². The second-order valence-corrected chi connectivity index (χ2v) is 9.01. The Morgan fingerprint density at radius 1 is 1.34 bits per heavy atom. The highest BCUT2D eigenvalue weighted by Crippen LogP contribution is 2.53. The molecule has 1 fully saturated rings. The average Bonchev–Trinajstić information content (AvgIpc) is 3.53. The number of aromatic carboxylic acids is 1. The third-order valence-electron chi connectivity index (χ3n) is 6.31. The van der Waals surface area contributed by atoms with Gasteiger partial charge in [-0.2, -0.15) is 0 Å². The topological polar surface area (TPSA) is 120 Å². The van der Waals surface area contributed by atoms with E-state index in [2.05, 4.69) is 4.98 Å². The first-order valence-electron chi connectivity index (χ1n) is 10.8. The van der Waals surface area contributed by atoms with Crippen LogP contribution < -0.4 is 19.8 Å². The van der Waals surface area contributed by atoms with Gasteiger partial charge in [0.15, 0.2) is 11.3 Å². The number of carboxylic acid groups (broad SMARTS) is 1. The summed E-state index contributed by atoms with van der Waals surface area (Å²) in [6.07, 6.45) is 2.79. The molecule has 2 aromatic rings. The normalized spacial score (nSPS) is 19.9. The highest BCUT2D eigenvalue weighted by Gasteiger charge is 2.48. The van der Waals surface area contributed by atoms with Gasteiger partial charge in [0.2, 0.25) is 0 Å². The van der Waals surface area contributed by atoms with E-state index in [0.717, 1.165) is 25.0 Å². The lowest BCUT2D eigenvalue weighted by atomic mass is 9.86. The van der Waals surface area contributed by atoms with Gasteiger partial charge in [0, 0.05) is 37.7 Å². The number of rotatable bonds is 7. The summed E-state index contributed by atoms with van der Waals surface area (Å²) < 4.78 is 23.3. The summed E-state index contributed by atoms with van der Waals surface area (Å²) in [5, 5.41) is 9.64. The monoisotopic (exact) mass is 442 g/mol. The molecule has 1 aliphatic carbocycles. The van der Waals surface area contributed by atoms with E-state index in [4.69, 9.17) is 23.9 Å². The number of ether oxygens (including phenoxy) is 4. The molecule has 9 heteroatoms. The summed E-state index contributed by atoms with van der Waals surface area (Å²) in [4.78, 5) is 32.2. The van der Waals surface area contributed by atoms with Crippen LogP contribution in [0.25, 0.3) is 11.4 Å². The predicted molar refractivity (Wildman–Crippen MR) is 114 cm³/mol. The minimum absolute atomic E-state index is 0.109. The Hall–Kier alpha value is -3.07. The average molecular weight is 442 g/mol. The first-order chi connectivity index (χ1) is 15.3. The summed E-state index contributed by atoms with van der Waals surface area (Å²) in [6.45, 7) is 5.10. The molecule has 0 radical (unpaired) electrons. The number of aromatic nitrogens is 2. The van der Waals surface area contributed by atoms with Crippen molar-refractivity contribution < 1.29 is 28.8 Å². The Morgan fingerprint density at radius 3 is 2.81 bits per heavy atom. The van der Waals surface area contributed by atoms with Crippen molar-refractivity contribution >= 4 is 5.97 Å². The molecular weight excluding hydrogens is 416 g/mol. The van der Waals surface area contributed by atoms with E-state index in [1.807, 2.05) is 19.9 Å². The van der Waals surface area contributed by atoms with E-state index < -0.39 is 17.1 Å². The third-order valence-corrected chi connectivity index (χ3v) is 6.31. The van der Waals surface area contributed by atoms with E-state index in [9.17, 15) is 14.7 Å². The van der Waals surface area contributed by atoms with Crippen molar-refractivity contribution in [3.63, 3.8) is 0 Å². The molecular formula is C23H26N2O7. The van der Waals surface area contributed by atoms with Gasteiger partial charge in [-0.1, -0.05) is 0 Å². The fourth-order valence-corrected chi connectivity index (χ4v) is 4.48. The van der Waals surface area contributed by atoms with Crippen LogP contribution in [0, 0.1) is 0 Å². The zero-order valence-corrected chi connectivity index (χ0v) is 18.3. The number of hydrogen-bond acceptors (Lipinski definition) is 7. The van der Waals surface area contributed by atoms with Crippen LogP contribution in [0.2, 0.25) is 0 Å². The molecule has 32 heavy (non-hydrogen) atoms. The van der Waals surface area contributed by atoms with Crippen molar-refractivity contribution in [2.45, 2.75) is 50.5 Å². The molecule has 2 aliphatic heterocycles. The quantitative estimate of drug-likeness (QED) is 0.628. The van der Waals surface area contributed by atoms with Crippen LogP contribution in [0.1, 0.15) is 66.6 Å². The zero-order chi connectivity index (χ0) is 22.6. The number of methoxy groups -OCH3 is 1. The van der Waals surface area contributed by atoms with E-state index in [1.165, 1.54) is 0 Å². The SMILES string of the molecule is COCCCOc1cc2c(nc1C1CC1)-c1[nH]c(=O)c(C(=O)O)c3c1C(CO2)C(C)(C)O3. The first kappa shape index (κ1) is 20.8. The maximum atomic E-state index is 12.7. The molecule has 0 amide bonds. The minimum Gasteiger partial charge on any atom is -0.491 e. The summed E-state index contributed by atoms with van der Waals surface area (Å²) in [5.74, 6) is -0.00812. The summed E-state index contributed by atoms with van der Waals surface area (Å²) in [6, 6.07) is 1.84. The number of carbonyl (C=O) groups is 1. The van der Waals surface area contributed by atoms with Crippen molar-refractivity contribution in [2.75, 3.05) is 26.9 Å². The smallest absolute Gasteiger partial charge is 0.345 e. The van der Waals surface area contributed by atoms with Crippen LogP contribution in [0.5, 0.6) is 17.2 Å². The molecule has 170 valence electrons. The molecule has 0 saturated heterocycles. The van der Waals surface area contributed by atoms with Crippen LogP contribution in [0.3, 0.4) is 0 Å². The number of hydrogen-bond donors (Lipinski definition) is 2. The zero-order valence-electron chi connectivity index (χ0n) is 18.3. The summed E-state index contributed by atoms with van der Waals surface area (Å²) in [7, 11) is 1.65. The van der Waals surface area contributed by atoms with Crippen LogP contribution in [0.15, 0.2) is 10.9 Å². The van der Waals surface area contributed by atoms with Gasteiger partial charge in [0.05, 0.1) is 30.5 Å². The maximum absolute atomic E-state index is 12.7. The Labute approximate surface area is 184 Å². The molecule has 2 aromatic heterocycles. The first-order valence-corrected chi connectivity index (χ1v) is 10.8. The number of aromatic amines is 1. The lowest BCUT2D eigenvalue weighted by Crippen LogP contribution is -2.33. The number of fused-ring (bicyclic) bond motifs is 2. The third kappa shape index (κ3) is 3.31. The van der Waals surface area contributed by atoms with E-state index >= 15 is 0 Å². The molecule has 0 aromatic carbocycles. The molecule has 9 nitrogen and oxygen atoms in total. The lowest BCUT2D eigenvalue weighted by Gasteiger charge is -2.25. The Kier molecular flexibility index (Phi) is 4.88. The fraction of sp³-hybridized carbons (Fsp3) is 0.522. The van der Waals surface area contributed by atoms with Gasteiger partial charge in [-0.3, -0.25) is 4.79 Å². The van der Waals surface area contributed by atoms with Crippen LogP contribution in [-0.2, 0) is 4.74 Å². The number of nitrogens with zero attached hydrogens (tertiary/aromatic N) is 1. The maximum Gasteiger partial charge on any atom is 0.345 e. The summed E-state index contributed by atoms with van der Waals surface area (Å²) >= 11 is 0. The summed E-state index contributed by atoms with van der Waals surface area (Å²) in [5.41, 5.74) is 0.570. The van der Waals surface area contributed by atoms with Gasteiger partial charge >= 0.3 is 5.97 Å². The van der Waals surface area contributed by atoms with Crippen molar-refractivity contribution in [1.29, 1.82) is 0 Å². The van der Waals surface area contributed by atoms with Gasteiger partial charge in [0.1, 0.15) is 22.8 Å². The largest absolute Gasteiger partial charge is 0.491 e. The molecule has 1 unspecified atom stereocenters. The van der Waals surface area contributed by atoms with Gasteiger partial charge in [0.25, 0.3) is 5.56 Å². The second-order valence-electron chi connectivity index (χ2n) is 9.01. The fourth-order valence-electron chi connectivity index (χ4n) is 4.48. The Bertz CT molecular complexity index is 1150. The predicted octanol–water partition coefficient (Wildman–Crippen LogP) is 3.07. The van der Waals surface area contributed by atoms with Crippen LogP contribution in [0.4, 0.5) is 0 Å². The Morgan fingerprint density at radius 2 is 2.12 bits per heavy atom. The lowest BCUT2D eigenvalue weighted by molar-refractivity contribution is 0.0667. The van der Waals surface area contributed by atoms with Gasteiger partial charge in [-0.25, -0.2) is 9.78 Å².